The number of ketones is 1. The molecule has 0 aliphatic heterocycles. The van der Waals surface area contributed by atoms with Gasteiger partial charge < -0.3 is 0 Å². The number of hydrogen-bond acceptors (Lipinski definition) is 1. The summed E-state index contributed by atoms with van der Waals surface area (Å²) in [5.74, 6) is 0.245. The number of Topliss-reactive ketones (excluding diaryl/α,β-unsaturated/α-hetero) is 1. The highest BCUT2D eigenvalue weighted by atomic mass is 35.5. The first kappa shape index (κ1) is 11.3. The fraction of sp³-hybridized carbons (Fsp3) is 0.417. The molecule has 0 heterocycles. The minimum absolute atomic E-state index is 0.116. The largest absolute Gasteiger partial charge is 0.298 e. The maximum atomic E-state index is 11.0. The summed E-state index contributed by atoms with van der Waals surface area (Å²) in [6.45, 7) is 4.17. The van der Waals surface area contributed by atoms with Crippen LogP contribution in [0.15, 0.2) is 18.2 Å². The van der Waals surface area contributed by atoms with Crippen molar-refractivity contribution in [2.45, 2.75) is 26.7 Å². The van der Waals surface area contributed by atoms with E-state index in [0.717, 1.165) is 6.42 Å². The molecule has 0 aromatic heterocycles. The smallest absolute Gasteiger partial charge is 0.147 e. The second kappa shape index (κ2) is 5.16. The van der Waals surface area contributed by atoms with Crippen LogP contribution in [-0.2, 0) is 11.2 Å². The third-order valence-corrected chi connectivity index (χ3v) is 2.71. The lowest BCUT2D eigenvalue weighted by Gasteiger charge is -2.04. The zero-order valence-corrected chi connectivity index (χ0v) is 9.40. The van der Waals surface area contributed by atoms with Gasteiger partial charge in [0.1, 0.15) is 5.78 Å². The van der Waals surface area contributed by atoms with Crippen molar-refractivity contribution < 1.29 is 4.79 Å². The Morgan fingerprint density at radius 3 is 2.57 bits per heavy atom. The lowest BCUT2D eigenvalue weighted by molar-refractivity contribution is -0.116. The number of rotatable bonds is 4. The predicted octanol–water partition coefficient (Wildman–Crippen LogP) is 3.04. The number of halogens is 1. The molecule has 14 heavy (non-hydrogen) atoms. The SMILES string of the molecule is Cc1ccc(CCC(=O)CCl)cc1C. The van der Waals surface area contributed by atoms with Gasteiger partial charge in [0.15, 0.2) is 0 Å². The number of carbonyl (C=O) groups is 1. The van der Waals surface area contributed by atoms with E-state index in [9.17, 15) is 4.79 Å². The van der Waals surface area contributed by atoms with Crippen molar-refractivity contribution in [3.8, 4) is 0 Å². The topological polar surface area (TPSA) is 17.1 Å². The number of aryl methyl sites for hydroxylation is 3. The zero-order chi connectivity index (χ0) is 10.6. The van der Waals surface area contributed by atoms with Gasteiger partial charge in [-0.15, -0.1) is 11.6 Å². The average Bonchev–Trinajstić information content (AvgIpc) is 2.19. The molecule has 0 saturated carbocycles. The standard InChI is InChI=1S/C12H15ClO/c1-9-3-4-11(7-10(9)2)5-6-12(14)8-13/h3-4,7H,5-6,8H2,1-2H3. The molecule has 2 heteroatoms. The second-order valence-electron chi connectivity index (χ2n) is 3.59. The maximum Gasteiger partial charge on any atom is 0.147 e. The normalized spacial score (nSPS) is 10.2. The highest BCUT2D eigenvalue weighted by Gasteiger charge is 2.01. The molecule has 0 spiro atoms. The minimum atomic E-state index is 0.116. The van der Waals surface area contributed by atoms with Crippen molar-refractivity contribution in [2.24, 2.45) is 0 Å². The summed E-state index contributed by atoms with van der Waals surface area (Å²) in [4.78, 5) is 11.0. The molecule has 0 aliphatic carbocycles. The van der Waals surface area contributed by atoms with Gasteiger partial charge in [-0.3, -0.25) is 4.79 Å². The molecule has 1 aromatic carbocycles. The molecule has 1 nitrogen and oxygen atoms in total. The Balaban J connectivity index is 2.60. The molecular formula is C12H15ClO. The molecular weight excluding hydrogens is 196 g/mol. The molecule has 76 valence electrons. The zero-order valence-electron chi connectivity index (χ0n) is 8.64. The molecule has 0 bridgehead atoms. The molecule has 0 saturated heterocycles. The van der Waals surface area contributed by atoms with Crippen molar-refractivity contribution in [2.75, 3.05) is 5.88 Å². The Kier molecular flexibility index (Phi) is 4.15. The van der Waals surface area contributed by atoms with E-state index in [4.69, 9.17) is 11.6 Å². The summed E-state index contributed by atoms with van der Waals surface area (Å²) >= 11 is 5.43. The fourth-order valence-electron chi connectivity index (χ4n) is 1.31. The molecule has 0 fully saturated rings. The van der Waals surface area contributed by atoms with E-state index in [1.807, 2.05) is 0 Å². The lowest BCUT2D eigenvalue weighted by atomic mass is 10.0. The second-order valence-corrected chi connectivity index (χ2v) is 3.86. The van der Waals surface area contributed by atoms with E-state index >= 15 is 0 Å². The number of hydrogen-bond donors (Lipinski definition) is 0. The molecule has 1 aromatic rings. The van der Waals surface area contributed by atoms with Gasteiger partial charge in [-0.25, -0.2) is 0 Å². The van der Waals surface area contributed by atoms with Crippen LogP contribution in [0.25, 0.3) is 0 Å². The first-order valence-electron chi connectivity index (χ1n) is 4.77. The molecule has 0 amide bonds. The van der Waals surface area contributed by atoms with E-state index in [1.165, 1.54) is 16.7 Å². The van der Waals surface area contributed by atoms with E-state index in [1.54, 1.807) is 0 Å². The van der Waals surface area contributed by atoms with Gasteiger partial charge in [0.25, 0.3) is 0 Å². The van der Waals surface area contributed by atoms with Crippen LogP contribution >= 0.6 is 11.6 Å². The summed E-state index contributed by atoms with van der Waals surface area (Å²) in [5, 5.41) is 0. The Hall–Kier alpha value is -0.820. The van der Waals surface area contributed by atoms with Crippen molar-refractivity contribution in [3.05, 3.63) is 34.9 Å². The van der Waals surface area contributed by atoms with E-state index < -0.39 is 0 Å². The summed E-state index contributed by atoms with van der Waals surface area (Å²) in [5.41, 5.74) is 3.78. The van der Waals surface area contributed by atoms with Gasteiger partial charge in [0, 0.05) is 6.42 Å². The van der Waals surface area contributed by atoms with Crippen LogP contribution in [0.3, 0.4) is 0 Å². The van der Waals surface area contributed by atoms with Gasteiger partial charge in [0.2, 0.25) is 0 Å². The van der Waals surface area contributed by atoms with Gasteiger partial charge in [-0.1, -0.05) is 18.2 Å². The highest BCUT2D eigenvalue weighted by molar-refractivity contribution is 6.27. The van der Waals surface area contributed by atoms with Crippen LogP contribution in [-0.4, -0.2) is 11.7 Å². The van der Waals surface area contributed by atoms with Crippen LogP contribution in [0, 0.1) is 13.8 Å². The van der Waals surface area contributed by atoms with Crippen molar-refractivity contribution in [1.29, 1.82) is 0 Å². The number of alkyl halides is 1. The van der Waals surface area contributed by atoms with Crippen molar-refractivity contribution in [3.63, 3.8) is 0 Å². The number of carbonyl (C=O) groups excluding carboxylic acids is 1. The van der Waals surface area contributed by atoms with Crippen LogP contribution in [0.1, 0.15) is 23.1 Å². The van der Waals surface area contributed by atoms with Crippen LogP contribution in [0.2, 0.25) is 0 Å². The quantitative estimate of drug-likeness (QED) is 0.699. The number of benzene rings is 1. The Morgan fingerprint density at radius 1 is 1.29 bits per heavy atom. The van der Waals surface area contributed by atoms with Gasteiger partial charge in [-0.2, -0.15) is 0 Å². The van der Waals surface area contributed by atoms with E-state index in [2.05, 4.69) is 32.0 Å². The average molecular weight is 211 g/mol. The summed E-state index contributed by atoms with van der Waals surface area (Å²) in [7, 11) is 0. The predicted molar refractivity (Wildman–Crippen MR) is 60.0 cm³/mol. The third-order valence-electron chi connectivity index (χ3n) is 2.41. The van der Waals surface area contributed by atoms with Gasteiger partial charge in [-0.05, 0) is 37.0 Å². The Labute approximate surface area is 90.1 Å². The molecule has 1 rings (SSSR count). The third kappa shape index (κ3) is 3.15. The molecule has 0 unspecified atom stereocenters. The molecule has 0 radical (unpaired) electrons. The summed E-state index contributed by atoms with van der Waals surface area (Å²) in [6, 6.07) is 6.30. The van der Waals surface area contributed by atoms with Crippen LogP contribution in [0.5, 0.6) is 0 Å². The molecule has 0 aliphatic rings. The van der Waals surface area contributed by atoms with Gasteiger partial charge >= 0.3 is 0 Å². The minimum Gasteiger partial charge on any atom is -0.298 e. The Morgan fingerprint density at radius 2 is 2.00 bits per heavy atom. The highest BCUT2D eigenvalue weighted by Crippen LogP contribution is 2.11. The lowest BCUT2D eigenvalue weighted by Crippen LogP contribution is -2.01. The van der Waals surface area contributed by atoms with Crippen LogP contribution in [0.4, 0.5) is 0 Å². The van der Waals surface area contributed by atoms with E-state index in [0.29, 0.717) is 6.42 Å². The first-order valence-corrected chi connectivity index (χ1v) is 5.30. The van der Waals surface area contributed by atoms with Crippen molar-refractivity contribution in [1.82, 2.24) is 0 Å². The van der Waals surface area contributed by atoms with E-state index in [-0.39, 0.29) is 11.7 Å². The first-order chi connectivity index (χ1) is 6.63. The summed E-state index contributed by atoms with van der Waals surface area (Å²) in [6.07, 6.45) is 1.35. The summed E-state index contributed by atoms with van der Waals surface area (Å²) < 4.78 is 0. The van der Waals surface area contributed by atoms with Crippen LogP contribution < -0.4 is 0 Å². The maximum absolute atomic E-state index is 11.0. The molecule has 0 N–H and O–H groups in total. The fourth-order valence-corrected chi connectivity index (χ4v) is 1.44. The molecule has 0 atom stereocenters. The Bertz CT molecular complexity index is 331. The monoisotopic (exact) mass is 210 g/mol. The van der Waals surface area contributed by atoms with Crippen molar-refractivity contribution >= 4 is 17.4 Å². The van der Waals surface area contributed by atoms with Gasteiger partial charge in [0.05, 0.1) is 5.88 Å².